The summed E-state index contributed by atoms with van der Waals surface area (Å²) in [5, 5.41) is 9.89. The van der Waals surface area contributed by atoms with Gasteiger partial charge in [0.1, 0.15) is 12.2 Å². The summed E-state index contributed by atoms with van der Waals surface area (Å²) in [6.45, 7) is 5.27. The van der Waals surface area contributed by atoms with E-state index in [1.807, 2.05) is 6.92 Å². The first-order chi connectivity index (χ1) is 8.43. The summed E-state index contributed by atoms with van der Waals surface area (Å²) in [4.78, 5) is 4.02. The van der Waals surface area contributed by atoms with Crippen molar-refractivity contribution in [1.29, 1.82) is 0 Å². The van der Waals surface area contributed by atoms with Crippen LogP contribution in [0.25, 0.3) is 0 Å². The van der Waals surface area contributed by atoms with Crippen LogP contribution in [-0.2, 0) is 11.2 Å². The fraction of sp³-hybridized carbons (Fsp3) is 0.667. The van der Waals surface area contributed by atoms with Crippen molar-refractivity contribution in [2.45, 2.75) is 26.2 Å². The van der Waals surface area contributed by atoms with Crippen molar-refractivity contribution in [2.75, 3.05) is 26.3 Å². The number of nitrogens with one attached hydrogen (secondary N) is 2. The Kier molecular flexibility index (Phi) is 7.90. The van der Waals surface area contributed by atoms with Crippen LogP contribution in [0.4, 0.5) is 0 Å². The van der Waals surface area contributed by atoms with Crippen LogP contribution in [-0.4, -0.2) is 41.5 Å². The van der Waals surface area contributed by atoms with E-state index in [0.29, 0.717) is 6.61 Å². The van der Waals surface area contributed by atoms with Gasteiger partial charge in [0.15, 0.2) is 0 Å². The molecule has 0 fully saturated rings. The third-order valence-corrected chi connectivity index (χ3v) is 2.19. The zero-order chi connectivity index (χ0) is 12.2. The Morgan fingerprint density at radius 1 is 1.41 bits per heavy atom. The Labute approximate surface area is 102 Å². The minimum Gasteiger partial charge on any atom is -0.381 e. The third-order valence-electron chi connectivity index (χ3n) is 2.19. The lowest BCUT2D eigenvalue weighted by molar-refractivity contribution is 0.133. The number of nitrogens with zero attached hydrogens (tertiary/aromatic N) is 2. The van der Waals surface area contributed by atoms with Crippen LogP contribution in [0.15, 0.2) is 6.33 Å². The lowest BCUT2D eigenvalue weighted by Gasteiger charge is -2.03. The van der Waals surface area contributed by atoms with Crippen LogP contribution in [0.3, 0.4) is 0 Å². The molecule has 0 amide bonds. The summed E-state index contributed by atoms with van der Waals surface area (Å²) in [5.41, 5.74) is 0. The van der Waals surface area contributed by atoms with Gasteiger partial charge in [0.25, 0.3) is 0 Å². The first kappa shape index (κ1) is 13.7. The van der Waals surface area contributed by atoms with Crippen molar-refractivity contribution in [3.8, 4) is 11.8 Å². The van der Waals surface area contributed by atoms with Crippen molar-refractivity contribution in [3.63, 3.8) is 0 Å². The molecule has 1 aromatic rings. The number of hydrogen-bond donors (Lipinski definition) is 2. The molecule has 17 heavy (non-hydrogen) atoms. The van der Waals surface area contributed by atoms with E-state index >= 15 is 0 Å². The minimum atomic E-state index is 0.691. The predicted molar refractivity (Wildman–Crippen MR) is 66.5 cm³/mol. The van der Waals surface area contributed by atoms with Gasteiger partial charge in [0, 0.05) is 26.0 Å². The lowest BCUT2D eigenvalue weighted by atomic mass is 10.4. The lowest BCUT2D eigenvalue weighted by Crippen LogP contribution is -2.18. The Bertz CT molecular complexity index is 326. The molecule has 0 aliphatic carbocycles. The molecule has 0 aromatic carbocycles. The van der Waals surface area contributed by atoms with E-state index in [0.717, 1.165) is 44.8 Å². The molecule has 0 radical (unpaired) electrons. The summed E-state index contributed by atoms with van der Waals surface area (Å²) in [6.07, 6.45) is 4.25. The topological polar surface area (TPSA) is 62.8 Å². The van der Waals surface area contributed by atoms with E-state index in [1.165, 1.54) is 6.33 Å². The SMILES string of the molecule is CC#CCCNCCCOCCc1ncn[nH]1. The van der Waals surface area contributed by atoms with Gasteiger partial charge >= 0.3 is 0 Å². The van der Waals surface area contributed by atoms with Crippen molar-refractivity contribution >= 4 is 0 Å². The highest BCUT2D eigenvalue weighted by Gasteiger charge is 1.95. The van der Waals surface area contributed by atoms with Crippen LogP contribution in [0.2, 0.25) is 0 Å². The molecule has 0 bridgehead atoms. The summed E-state index contributed by atoms with van der Waals surface area (Å²) < 4.78 is 5.48. The fourth-order valence-corrected chi connectivity index (χ4v) is 1.32. The average Bonchev–Trinajstić information content (AvgIpc) is 2.85. The molecule has 0 saturated heterocycles. The van der Waals surface area contributed by atoms with Crippen LogP contribution in [0.5, 0.6) is 0 Å². The van der Waals surface area contributed by atoms with E-state index in [-0.39, 0.29) is 0 Å². The van der Waals surface area contributed by atoms with Gasteiger partial charge in [-0.2, -0.15) is 5.10 Å². The number of aromatic amines is 1. The molecular formula is C12H20N4O. The number of aromatic nitrogens is 3. The maximum Gasteiger partial charge on any atom is 0.137 e. The van der Waals surface area contributed by atoms with Crippen molar-refractivity contribution in [1.82, 2.24) is 20.5 Å². The molecule has 1 heterocycles. The van der Waals surface area contributed by atoms with Gasteiger partial charge in [-0.05, 0) is 19.9 Å². The molecule has 5 heteroatoms. The van der Waals surface area contributed by atoms with Crippen molar-refractivity contribution in [3.05, 3.63) is 12.2 Å². The molecule has 0 aliphatic rings. The number of rotatable bonds is 9. The largest absolute Gasteiger partial charge is 0.381 e. The first-order valence-electron chi connectivity index (χ1n) is 5.96. The molecule has 0 saturated carbocycles. The van der Waals surface area contributed by atoms with Gasteiger partial charge in [0.2, 0.25) is 0 Å². The second-order valence-corrected chi connectivity index (χ2v) is 3.57. The van der Waals surface area contributed by atoms with Crippen LogP contribution in [0, 0.1) is 11.8 Å². The normalized spacial score (nSPS) is 9.94. The van der Waals surface area contributed by atoms with Gasteiger partial charge in [-0.25, -0.2) is 4.98 Å². The first-order valence-corrected chi connectivity index (χ1v) is 5.96. The highest BCUT2D eigenvalue weighted by atomic mass is 16.5. The van der Waals surface area contributed by atoms with Crippen LogP contribution >= 0.6 is 0 Å². The quantitative estimate of drug-likeness (QED) is 0.491. The molecule has 1 aromatic heterocycles. The zero-order valence-electron chi connectivity index (χ0n) is 10.3. The monoisotopic (exact) mass is 236 g/mol. The highest BCUT2D eigenvalue weighted by molar-refractivity contribution is 4.95. The van der Waals surface area contributed by atoms with Crippen LogP contribution < -0.4 is 5.32 Å². The number of ether oxygens (including phenoxy) is 1. The molecule has 0 atom stereocenters. The van der Waals surface area contributed by atoms with Gasteiger partial charge in [-0.1, -0.05) is 0 Å². The third kappa shape index (κ3) is 7.50. The van der Waals surface area contributed by atoms with E-state index in [4.69, 9.17) is 4.74 Å². The molecule has 94 valence electrons. The summed E-state index contributed by atoms with van der Waals surface area (Å²) in [5.74, 6) is 6.76. The smallest absolute Gasteiger partial charge is 0.137 e. The highest BCUT2D eigenvalue weighted by Crippen LogP contribution is 1.89. The Hall–Kier alpha value is -1.38. The maximum atomic E-state index is 5.48. The molecule has 0 aliphatic heterocycles. The Morgan fingerprint density at radius 3 is 3.12 bits per heavy atom. The second-order valence-electron chi connectivity index (χ2n) is 3.57. The molecule has 0 unspecified atom stereocenters. The van der Waals surface area contributed by atoms with Crippen molar-refractivity contribution < 1.29 is 4.74 Å². The molecular weight excluding hydrogens is 216 g/mol. The Morgan fingerprint density at radius 2 is 2.35 bits per heavy atom. The average molecular weight is 236 g/mol. The minimum absolute atomic E-state index is 0.691. The second kappa shape index (κ2) is 9.82. The number of H-pyrrole nitrogens is 1. The summed E-state index contributed by atoms with van der Waals surface area (Å²) >= 11 is 0. The van der Waals surface area contributed by atoms with Gasteiger partial charge < -0.3 is 10.1 Å². The van der Waals surface area contributed by atoms with E-state index in [9.17, 15) is 0 Å². The van der Waals surface area contributed by atoms with E-state index in [1.54, 1.807) is 0 Å². The predicted octanol–water partition coefficient (Wildman–Crippen LogP) is 0.757. The summed E-state index contributed by atoms with van der Waals surface area (Å²) in [6, 6.07) is 0. The van der Waals surface area contributed by atoms with Gasteiger partial charge in [-0.15, -0.1) is 11.8 Å². The van der Waals surface area contributed by atoms with Gasteiger partial charge in [0.05, 0.1) is 6.61 Å². The molecule has 0 spiro atoms. The van der Waals surface area contributed by atoms with E-state index < -0.39 is 0 Å². The van der Waals surface area contributed by atoms with Gasteiger partial charge in [-0.3, -0.25) is 5.10 Å². The molecule has 1 rings (SSSR count). The zero-order valence-corrected chi connectivity index (χ0v) is 10.3. The summed E-state index contributed by atoms with van der Waals surface area (Å²) in [7, 11) is 0. The Balaban J connectivity index is 1.79. The fourth-order valence-electron chi connectivity index (χ4n) is 1.32. The molecule has 2 N–H and O–H groups in total. The standard InChI is InChI=1S/C12H20N4O/c1-2-3-4-7-13-8-5-9-17-10-6-12-14-11-15-16-12/h11,13H,4-10H2,1H3,(H,14,15,16). The van der Waals surface area contributed by atoms with Crippen LogP contribution in [0.1, 0.15) is 25.6 Å². The van der Waals surface area contributed by atoms with Crippen molar-refractivity contribution in [2.24, 2.45) is 0 Å². The maximum absolute atomic E-state index is 5.48. The number of hydrogen-bond acceptors (Lipinski definition) is 4. The molecule has 5 nitrogen and oxygen atoms in total. The van der Waals surface area contributed by atoms with E-state index in [2.05, 4.69) is 32.3 Å².